The number of guanidine groups is 1. The van der Waals surface area contributed by atoms with Crippen LogP contribution in [-0.2, 0) is 13.0 Å². The standard InChI is InChI=1S/C19H37N7.HI/c1-5-10-25-11-7-17(8-12-25)23-19(21-14-16(3)4)20-9-13-26-15-22-24-18(26)6-2;/h15-17H,5-14H2,1-4H3,(H2,20,21,23);1H. The molecule has 0 aromatic carbocycles. The molecule has 2 heterocycles. The van der Waals surface area contributed by atoms with Crippen molar-refractivity contribution in [3.63, 3.8) is 0 Å². The lowest BCUT2D eigenvalue weighted by Crippen LogP contribution is -2.49. The van der Waals surface area contributed by atoms with Crippen molar-refractivity contribution < 1.29 is 0 Å². The van der Waals surface area contributed by atoms with Crippen molar-refractivity contribution in [3.05, 3.63) is 12.2 Å². The minimum atomic E-state index is 0. The number of aromatic nitrogens is 3. The molecule has 7 nitrogen and oxygen atoms in total. The predicted octanol–water partition coefficient (Wildman–Crippen LogP) is 2.52. The van der Waals surface area contributed by atoms with Crippen LogP contribution in [0.15, 0.2) is 11.3 Å². The van der Waals surface area contributed by atoms with Crippen molar-refractivity contribution in [2.75, 3.05) is 32.7 Å². The van der Waals surface area contributed by atoms with E-state index in [-0.39, 0.29) is 24.0 Å². The Morgan fingerprint density at radius 1 is 1.26 bits per heavy atom. The van der Waals surface area contributed by atoms with Gasteiger partial charge in [-0.25, -0.2) is 0 Å². The van der Waals surface area contributed by atoms with Crippen LogP contribution >= 0.6 is 24.0 Å². The Kier molecular flexibility index (Phi) is 11.9. The van der Waals surface area contributed by atoms with Crippen molar-refractivity contribution in [1.82, 2.24) is 30.3 Å². The first-order valence-corrected chi connectivity index (χ1v) is 10.3. The Balaban J connectivity index is 0.00000364. The van der Waals surface area contributed by atoms with E-state index in [9.17, 15) is 0 Å². The van der Waals surface area contributed by atoms with Gasteiger partial charge in [-0.2, -0.15) is 0 Å². The summed E-state index contributed by atoms with van der Waals surface area (Å²) in [6, 6.07) is 0.516. The van der Waals surface area contributed by atoms with E-state index in [0.717, 1.165) is 37.8 Å². The van der Waals surface area contributed by atoms with Crippen LogP contribution in [-0.4, -0.2) is 64.4 Å². The summed E-state index contributed by atoms with van der Waals surface area (Å²) in [7, 11) is 0. The Morgan fingerprint density at radius 3 is 2.63 bits per heavy atom. The van der Waals surface area contributed by atoms with Crippen molar-refractivity contribution in [1.29, 1.82) is 0 Å². The minimum absolute atomic E-state index is 0. The van der Waals surface area contributed by atoms with Crippen molar-refractivity contribution in [2.24, 2.45) is 10.9 Å². The van der Waals surface area contributed by atoms with Gasteiger partial charge in [-0.3, -0.25) is 4.99 Å². The van der Waals surface area contributed by atoms with Crippen molar-refractivity contribution >= 4 is 29.9 Å². The van der Waals surface area contributed by atoms with Crippen LogP contribution in [0.2, 0.25) is 0 Å². The fourth-order valence-corrected chi connectivity index (χ4v) is 3.27. The second kappa shape index (κ2) is 13.3. The highest BCUT2D eigenvalue weighted by atomic mass is 127. The van der Waals surface area contributed by atoms with Gasteiger partial charge in [0.1, 0.15) is 12.2 Å². The molecule has 2 rings (SSSR count). The van der Waals surface area contributed by atoms with E-state index in [1.165, 1.54) is 38.9 Å². The summed E-state index contributed by atoms with van der Waals surface area (Å²) in [5.41, 5.74) is 0. The van der Waals surface area contributed by atoms with E-state index in [0.29, 0.717) is 12.0 Å². The second-order valence-electron chi connectivity index (χ2n) is 7.56. The molecule has 1 aromatic rings. The van der Waals surface area contributed by atoms with Crippen LogP contribution in [0.4, 0.5) is 0 Å². The number of piperidine rings is 1. The maximum Gasteiger partial charge on any atom is 0.191 e. The zero-order valence-electron chi connectivity index (χ0n) is 17.4. The normalized spacial score (nSPS) is 16.4. The summed E-state index contributed by atoms with van der Waals surface area (Å²) in [4.78, 5) is 7.34. The average Bonchev–Trinajstić information content (AvgIpc) is 3.09. The molecule has 0 unspecified atom stereocenters. The highest BCUT2D eigenvalue weighted by Crippen LogP contribution is 2.10. The van der Waals surface area contributed by atoms with Gasteiger partial charge in [-0.1, -0.05) is 27.7 Å². The lowest BCUT2D eigenvalue weighted by Gasteiger charge is -2.33. The quantitative estimate of drug-likeness (QED) is 0.316. The number of halogens is 1. The molecule has 0 aliphatic carbocycles. The molecule has 1 aromatic heterocycles. The third kappa shape index (κ3) is 8.76. The van der Waals surface area contributed by atoms with Gasteiger partial charge in [0.25, 0.3) is 0 Å². The molecule has 8 heteroatoms. The number of likely N-dealkylation sites (tertiary alicyclic amines) is 1. The van der Waals surface area contributed by atoms with E-state index in [1.807, 2.05) is 6.33 Å². The third-order valence-corrected chi connectivity index (χ3v) is 4.74. The van der Waals surface area contributed by atoms with Crippen LogP contribution in [0, 0.1) is 5.92 Å². The summed E-state index contributed by atoms with van der Waals surface area (Å²) >= 11 is 0. The number of nitrogens with zero attached hydrogens (tertiary/aromatic N) is 5. The van der Waals surface area contributed by atoms with Crippen LogP contribution < -0.4 is 10.6 Å². The molecule has 0 radical (unpaired) electrons. The third-order valence-electron chi connectivity index (χ3n) is 4.74. The first-order chi connectivity index (χ1) is 12.6. The summed E-state index contributed by atoms with van der Waals surface area (Å²) in [6.45, 7) is 14.9. The lowest BCUT2D eigenvalue weighted by atomic mass is 10.1. The number of hydrogen-bond acceptors (Lipinski definition) is 4. The van der Waals surface area contributed by atoms with Crippen molar-refractivity contribution in [3.8, 4) is 0 Å². The Bertz CT molecular complexity index is 536. The highest BCUT2D eigenvalue weighted by Gasteiger charge is 2.19. The zero-order valence-corrected chi connectivity index (χ0v) is 19.8. The van der Waals surface area contributed by atoms with Crippen LogP contribution in [0.3, 0.4) is 0 Å². The lowest BCUT2D eigenvalue weighted by molar-refractivity contribution is 0.206. The SMILES string of the molecule is CCCN1CCC(NC(=NCC(C)C)NCCn2cnnc2CC)CC1.I. The molecule has 27 heavy (non-hydrogen) atoms. The average molecular weight is 491 g/mol. The number of hydrogen-bond donors (Lipinski definition) is 2. The van der Waals surface area contributed by atoms with Crippen LogP contribution in [0.5, 0.6) is 0 Å². The predicted molar refractivity (Wildman–Crippen MR) is 123 cm³/mol. The van der Waals surface area contributed by atoms with E-state index in [2.05, 4.69) is 58.0 Å². The molecule has 1 saturated heterocycles. The van der Waals surface area contributed by atoms with Gasteiger partial charge >= 0.3 is 0 Å². The molecule has 2 N–H and O–H groups in total. The first kappa shape index (κ1) is 24.1. The van der Waals surface area contributed by atoms with Gasteiger partial charge in [0.2, 0.25) is 0 Å². The Labute approximate surface area is 181 Å². The molecule has 0 atom stereocenters. The molecule has 156 valence electrons. The summed E-state index contributed by atoms with van der Waals surface area (Å²) < 4.78 is 2.11. The molecular formula is C19H38IN7. The van der Waals surface area contributed by atoms with E-state index in [4.69, 9.17) is 4.99 Å². The van der Waals surface area contributed by atoms with E-state index in [1.54, 1.807) is 0 Å². The highest BCUT2D eigenvalue weighted by molar-refractivity contribution is 14.0. The first-order valence-electron chi connectivity index (χ1n) is 10.3. The van der Waals surface area contributed by atoms with E-state index >= 15 is 0 Å². The molecule has 0 spiro atoms. The second-order valence-corrected chi connectivity index (χ2v) is 7.56. The number of aryl methyl sites for hydroxylation is 1. The maximum atomic E-state index is 4.77. The minimum Gasteiger partial charge on any atom is -0.355 e. The monoisotopic (exact) mass is 491 g/mol. The van der Waals surface area contributed by atoms with Crippen LogP contribution in [0.1, 0.15) is 52.8 Å². The molecule has 0 amide bonds. The largest absolute Gasteiger partial charge is 0.355 e. The summed E-state index contributed by atoms with van der Waals surface area (Å²) in [5.74, 6) is 2.53. The fourth-order valence-electron chi connectivity index (χ4n) is 3.27. The number of rotatable bonds is 9. The van der Waals surface area contributed by atoms with Crippen LogP contribution in [0.25, 0.3) is 0 Å². The number of aliphatic imine (C=N–C) groups is 1. The van der Waals surface area contributed by atoms with Gasteiger partial charge in [0.15, 0.2) is 5.96 Å². The van der Waals surface area contributed by atoms with Gasteiger partial charge < -0.3 is 20.1 Å². The summed E-state index contributed by atoms with van der Waals surface area (Å²) in [5, 5.41) is 15.3. The van der Waals surface area contributed by atoms with Gasteiger partial charge in [-0.15, -0.1) is 34.2 Å². The molecule has 0 saturated carbocycles. The molecule has 0 bridgehead atoms. The van der Waals surface area contributed by atoms with E-state index < -0.39 is 0 Å². The molecule has 1 fully saturated rings. The Hall–Kier alpha value is -0.900. The summed E-state index contributed by atoms with van der Waals surface area (Å²) in [6.07, 6.45) is 6.33. The van der Waals surface area contributed by atoms with Gasteiger partial charge in [-0.05, 0) is 31.7 Å². The topological polar surface area (TPSA) is 70.4 Å². The molecular weight excluding hydrogens is 453 g/mol. The maximum absolute atomic E-state index is 4.77. The van der Waals surface area contributed by atoms with Crippen molar-refractivity contribution in [2.45, 2.75) is 66.0 Å². The van der Waals surface area contributed by atoms with Gasteiger partial charge in [0, 0.05) is 45.2 Å². The molecule has 1 aliphatic heterocycles. The zero-order chi connectivity index (χ0) is 18.8. The Morgan fingerprint density at radius 2 is 2.00 bits per heavy atom. The molecule has 1 aliphatic rings. The fraction of sp³-hybridized carbons (Fsp3) is 0.842. The number of nitrogens with one attached hydrogen (secondary N) is 2. The van der Waals surface area contributed by atoms with Gasteiger partial charge in [0.05, 0.1) is 0 Å². The smallest absolute Gasteiger partial charge is 0.191 e.